The van der Waals surface area contributed by atoms with Crippen LogP contribution >= 0.6 is 0 Å². The van der Waals surface area contributed by atoms with Crippen molar-refractivity contribution in [1.29, 1.82) is 0 Å². The number of unbranched alkanes of at least 4 members (excludes halogenated alkanes) is 1. The summed E-state index contributed by atoms with van der Waals surface area (Å²) in [4.78, 5) is 24.7. The van der Waals surface area contributed by atoms with Gasteiger partial charge in [0, 0.05) is 12.7 Å². The zero-order valence-corrected chi connectivity index (χ0v) is 12.5. The van der Waals surface area contributed by atoms with E-state index in [9.17, 15) is 9.59 Å². The third-order valence-corrected chi connectivity index (χ3v) is 3.29. The molecule has 0 saturated carbocycles. The van der Waals surface area contributed by atoms with Crippen LogP contribution in [0.25, 0.3) is 0 Å². The number of hydrogen-bond acceptors (Lipinski definition) is 3. The first-order chi connectivity index (χ1) is 9.95. The highest BCUT2D eigenvalue weighted by molar-refractivity contribution is 5.98. The molecule has 0 fully saturated rings. The summed E-state index contributed by atoms with van der Waals surface area (Å²) in [5, 5.41) is 11.2. The number of rotatable bonds is 7. The van der Waals surface area contributed by atoms with Crippen LogP contribution in [-0.4, -0.2) is 36.7 Å². The largest absolute Gasteiger partial charge is 0.465 e. The maximum atomic E-state index is 12.4. The second-order valence-electron chi connectivity index (χ2n) is 5.02. The van der Waals surface area contributed by atoms with Gasteiger partial charge in [-0.1, -0.05) is 17.7 Å². The molecule has 0 aliphatic carbocycles. The Morgan fingerprint density at radius 3 is 2.43 bits per heavy atom. The first-order valence-corrected chi connectivity index (χ1v) is 6.99. The molecule has 6 nitrogen and oxygen atoms in total. The predicted molar refractivity (Wildman–Crippen MR) is 82.4 cm³/mol. The van der Waals surface area contributed by atoms with Crippen LogP contribution in [-0.2, 0) is 4.79 Å². The van der Waals surface area contributed by atoms with Gasteiger partial charge in [0.05, 0.1) is 0 Å². The van der Waals surface area contributed by atoms with Crippen molar-refractivity contribution in [2.24, 2.45) is 5.73 Å². The molecule has 6 heteroatoms. The highest BCUT2D eigenvalue weighted by atomic mass is 16.4. The summed E-state index contributed by atoms with van der Waals surface area (Å²) in [6.45, 7) is 2.50. The molecule has 0 spiro atoms. The van der Waals surface area contributed by atoms with Crippen LogP contribution in [0.5, 0.6) is 0 Å². The van der Waals surface area contributed by atoms with Crippen LogP contribution in [0.2, 0.25) is 0 Å². The number of nitrogens with zero attached hydrogens (tertiary/aromatic N) is 1. The SMILES string of the molecule is Cc1ccc(N(C)C(=O)C(CCCCN)NC(=O)O)cc1. The van der Waals surface area contributed by atoms with Gasteiger partial charge in [-0.2, -0.15) is 0 Å². The number of likely N-dealkylation sites (N-methyl/N-ethyl adjacent to an activating group) is 1. The summed E-state index contributed by atoms with van der Waals surface area (Å²) in [6, 6.07) is 6.75. The topological polar surface area (TPSA) is 95.7 Å². The molecule has 0 heterocycles. The Hall–Kier alpha value is -2.08. The summed E-state index contributed by atoms with van der Waals surface area (Å²) in [5.74, 6) is -0.265. The van der Waals surface area contributed by atoms with Gasteiger partial charge in [0.15, 0.2) is 0 Å². The molecule has 116 valence electrons. The van der Waals surface area contributed by atoms with Gasteiger partial charge < -0.3 is 21.1 Å². The summed E-state index contributed by atoms with van der Waals surface area (Å²) < 4.78 is 0. The Labute approximate surface area is 124 Å². The van der Waals surface area contributed by atoms with Crippen molar-refractivity contribution in [1.82, 2.24) is 5.32 Å². The molecule has 2 amide bonds. The van der Waals surface area contributed by atoms with Crippen LogP contribution in [0, 0.1) is 6.92 Å². The van der Waals surface area contributed by atoms with E-state index in [-0.39, 0.29) is 5.91 Å². The standard InChI is InChI=1S/C15H23N3O3/c1-11-6-8-12(9-7-11)18(2)14(19)13(17-15(20)21)5-3-4-10-16/h6-9,13,17H,3-5,10,16H2,1-2H3,(H,20,21). The summed E-state index contributed by atoms with van der Waals surface area (Å²) >= 11 is 0. The average Bonchev–Trinajstić information content (AvgIpc) is 2.45. The smallest absolute Gasteiger partial charge is 0.405 e. The molecule has 1 unspecified atom stereocenters. The van der Waals surface area contributed by atoms with E-state index in [1.165, 1.54) is 4.90 Å². The number of carbonyl (C=O) groups is 2. The van der Waals surface area contributed by atoms with Crippen LogP contribution < -0.4 is 16.0 Å². The van der Waals surface area contributed by atoms with Crippen LogP contribution in [0.4, 0.5) is 10.5 Å². The van der Waals surface area contributed by atoms with Gasteiger partial charge in [-0.15, -0.1) is 0 Å². The van der Waals surface area contributed by atoms with E-state index in [0.717, 1.165) is 17.7 Å². The van der Waals surface area contributed by atoms with Crippen molar-refractivity contribution in [2.75, 3.05) is 18.5 Å². The average molecular weight is 293 g/mol. The Morgan fingerprint density at radius 1 is 1.29 bits per heavy atom. The molecule has 21 heavy (non-hydrogen) atoms. The van der Waals surface area contributed by atoms with E-state index in [4.69, 9.17) is 10.8 Å². The Morgan fingerprint density at radius 2 is 1.90 bits per heavy atom. The lowest BCUT2D eigenvalue weighted by atomic mass is 10.1. The van der Waals surface area contributed by atoms with Gasteiger partial charge in [0.25, 0.3) is 0 Å². The number of nitrogens with two attached hydrogens (primary N) is 1. The molecular formula is C15H23N3O3. The van der Waals surface area contributed by atoms with Gasteiger partial charge in [-0.25, -0.2) is 4.79 Å². The molecule has 0 radical (unpaired) electrons. The van der Waals surface area contributed by atoms with E-state index in [0.29, 0.717) is 19.4 Å². The molecule has 1 aromatic carbocycles. The summed E-state index contributed by atoms with van der Waals surface area (Å²) in [5.41, 5.74) is 7.26. The van der Waals surface area contributed by atoms with Crippen molar-refractivity contribution in [2.45, 2.75) is 32.2 Å². The first kappa shape index (κ1) is 17.0. The second-order valence-corrected chi connectivity index (χ2v) is 5.02. The minimum Gasteiger partial charge on any atom is -0.465 e. The lowest BCUT2D eigenvalue weighted by Crippen LogP contribution is -2.47. The Kier molecular flexibility index (Phi) is 6.68. The molecule has 0 saturated heterocycles. The fraction of sp³-hybridized carbons (Fsp3) is 0.467. The van der Waals surface area contributed by atoms with Crippen molar-refractivity contribution in [3.8, 4) is 0 Å². The van der Waals surface area contributed by atoms with Gasteiger partial charge in [0.2, 0.25) is 5.91 Å². The minimum absolute atomic E-state index is 0.265. The molecule has 0 aromatic heterocycles. The lowest BCUT2D eigenvalue weighted by molar-refractivity contribution is -0.120. The molecule has 0 bridgehead atoms. The Bertz CT molecular complexity index is 474. The zero-order valence-electron chi connectivity index (χ0n) is 12.5. The maximum absolute atomic E-state index is 12.4. The van der Waals surface area contributed by atoms with Gasteiger partial charge in [-0.05, 0) is 44.9 Å². The lowest BCUT2D eigenvalue weighted by Gasteiger charge is -2.24. The number of carboxylic acid groups (broad SMARTS) is 1. The van der Waals surface area contributed by atoms with E-state index >= 15 is 0 Å². The fourth-order valence-electron chi connectivity index (χ4n) is 2.03. The second kappa shape index (κ2) is 8.26. The maximum Gasteiger partial charge on any atom is 0.405 e. The summed E-state index contributed by atoms with van der Waals surface area (Å²) in [6.07, 6.45) is 0.714. The minimum atomic E-state index is -1.20. The van der Waals surface area contributed by atoms with Crippen LogP contribution in [0.1, 0.15) is 24.8 Å². The number of anilines is 1. The molecule has 0 aliphatic heterocycles. The predicted octanol–water partition coefficient (Wildman–Crippen LogP) is 1.72. The van der Waals surface area contributed by atoms with Crippen molar-refractivity contribution >= 4 is 17.7 Å². The molecule has 1 aromatic rings. The number of carbonyl (C=O) groups excluding carboxylic acids is 1. The highest BCUT2D eigenvalue weighted by Crippen LogP contribution is 2.15. The molecular weight excluding hydrogens is 270 g/mol. The zero-order chi connectivity index (χ0) is 15.8. The van der Waals surface area contributed by atoms with Crippen LogP contribution in [0.3, 0.4) is 0 Å². The van der Waals surface area contributed by atoms with E-state index < -0.39 is 12.1 Å². The van der Waals surface area contributed by atoms with Crippen molar-refractivity contribution in [3.63, 3.8) is 0 Å². The third-order valence-electron chi connectivity index (χ3n) is 3.29. The van der Waals surface area contributed by atoms with Crippen LogP contribution in [0.15, 0.2) is 24.3 Å². The highest BCUT2D eigenvalue weighted by Gasteiger charge is 2.24. The number of benzene rings is 1. The molecule has 1 atom stereocenters. The number of hydrogen-bond donors (Lipinski definition) is 3. The molecule has 1 rings (SSSR count). The van der Waals surface area contributed by atoms with E-state index in [1.54, 1.807) is 7.05 Å². The van der Waals surface area contributed by atoms with Crippen molar-refractivity contribution < 1.29 is 14.7 Å². The number of aryl methyl sites for hydroxylation is 1. The normalized spacial score (nSPS) is 11.8. The third kappa shape index (κ3) is 5.43. The monoisotopic (exact) mass is 293 g/mol. The van der Waals surface area contributed by atoms with Crippen molar-refractivity contribution in [3.05, 3.63) is 29.8 Å². The van der Waals surface area contributed by atoms with Gasteiger partial charge in [-0.3, -0.25) is 4.79 Å². The molecule has 4 N–H and O–H groups in total. The van der Waals surface area contributed by atoms with Gasteiger partial charge in [0.1, 0.15) is 6.04 Å². The fourth-order valence-corrected chi connectivity index (χ4v) is 2.03. The van der Waals surface area contributed by atoms with E-state index in [2.05, 4.69) is 5.32 Å². The number of amides is 2. The quantitative estimate of drug-likeness (QED) is 0.667. The Balaban J connectivity index is 2.77. The van der Waals surface area contributed by atoms with Gasteiger partial charge >= 0.3 is 6.09 Å². The molecule has 0 aliphatic rings. The first-order valence-electron chi connectivity index (χ1n) is 6.99. The summed E-state index contributed by atoms with van der Waals surface area (Å²) in [7, 11) is 1.65. The van der Waals surface area contributed by atoms with E-state index in [1.807, 2.05) is 31.2 Å². The number of nitrogens with one attached hydrogen (secondary N) is 1.